The van der Waals surface area contributed by atoms with Gasteiger partial charge in [0.2, 0.25) is 5.91 Å². The maximum absolute atomic E-state index is 12.8. The van der Waals surface area contributed by atoms with E-state index < -0.39 is 0 Å². The van der Waals surface area contributed by atoms with Gasteiger partial charge in [-0.2, -0.15) is 5.01 Å². The molecule has 0 radical (unpaired) electrons. The van der Waals surface area contributed by atoms with Crippen LogP contribution in [0.3, 0.4) is 0 Å². The number of hydrogen-bond acceptors (Lipinski definition) is 3. The third-order valence-corrected chi connectivity index (χ3v) is 6.20. The van der Waals surface area contributed by atoms with E-state index in [1.165, 1.54) is 11.1 Å². The molecule has 3 aliphatic rings. The third kappa shape index (κ3) is 2.57. The number of carbonyl (C=O) groups excluding carboxylic acids is 3. The number of nitrogens with one attached hydrogen (secondary N) is 1. The van der Waals surface area contributed by atoms with Crippen LogP contribution in [0.1, 0.15) is 32.3 Å². The lowest BCUT2D eigenvalue weighted by Crippen LogP contribution is -2.48. The van der Waals surface area contributed by atoms with Crippen LogP contribution in [0.5, 0.6) is 0 Å². The number of carbonyl (C=O) groups is 3. The first-order valence-electron chi connectivity index (χ1n) is 8.97. The van der Waals surface area contributed by atoms with Gasteiger partial charge < -0.3 is 0 Å². The second-order valence-corrected chi connectivity index (χ2v) is 8.08. The summed E-state index contributed by atoms with van der Waals surface area (Å²) in [5.41, 5.74) is 5.83. The van der Waals surface area contributed by atoms with Crippen LogP contribution in [0.4, 0.5) is 0 Å². The van der Waals surface area contributed by atoms with Crippen LogP contribution in [0.2, 0.25) is 5.02 Å². The first-order chi connectivity index (χ1) is 12.4. The van der Waals surface area contributed by atoms with Gasteiger partial charge in [0, 0.05) is 5.02 Å². The van der Waals surface area contributed by atoms with Crippen molar-refractivity contribution < 1.29 is 14.4 Å². The number of nitrogens with zero attached hydrogens (tertiary/aromatic N) is 1. The summed E-state index contributed by atoms with van der Waals surface area (Å²) in [5, 5.41) is 1.57. The number of hydrogen-bond donors (Lipinski definition) is 1. The summed E-state index contributed by atoms with van der Waals surface area (Å²) < 4.78 is 0. The molecule has 0 spiro atoms. The zero-order chi connectivity index (χ0) is 18.6. The summed E-state index contributed by atoms with van der Waals surface area (Å²) in [6, 6.07) is 6.93. The molecular formula is C20H21ClN2O3. The third-order valence-electron chi connectivity index (χ3n) is 5.94. The summed E-state index contributed by atoms with van der Waals surface area (Å²) in [5.74, 6) is -1.17. The minimum absolute atomic E-state index is 0.0929. The van der Waals surface area contributed by atoms with Crippen LogP contribution in [-0.4, -0.2) is 22.7 Å². The summed E-state index contributed by atoms with van der Waals surface area (Å²) in [6.45, 7) is 4.12. The summed E-state index contributed by atoms with van der Waals surface area (Å²) >= 11 is 5.84. The molecule has 2 bridgehead atoms. The highest BCUT2D eigenvalue weighted by Gasteiger charge is 2.63. The van der Waals surface area contributed by atoms with Crippen molar-refractivity contribution >= 4 is 29.3 Å². The zero-order valence-corrected chi connectivity index (χ0v) is 15.5. The summed E-state index contributed by atoms with van der Waals surface area (Å²) in [7, 11) is 0. The molecule has 3 fully saturated rings. The predicted octanol–water partition coefficient (Wildman–Crippen LogP) is 2.89. The zero-order valence-electron chi connectivity index (χ0n) is 14.8. The van der Waals surface area contributed by atoms with Gasteiger partial charge in [-0.1, -0.05) is 34.9 Å². The molecule has 1 aliphatic heterocycles. The molecule has 5 nitrogen and oxygen atoms in total. The average Bonchev–Trinajstić information content (AvgIpc) is 3.23. The fraction of sp³-hybridized carbons (Fsp3) is 0.450. The molecular weight excluding hydrogens is 352 g/mol. The SMILES string of the molecule is CC(C)=C1C2CCC1C1C(=O)N(NC(=O)Cc3ccc(Cl)cc3)C(=O)C21. The van der Waals surface area contributed by atoms with E-state index in [4.69, 9.17) is 11.6 Å². The second kappa shape index (κ2) is 6.23. The quantitative estimate of drug-likeness (QED) is 0.655. The molecule has 3 amide bonds. The molecule has 4 unspecified atom stereocenters. The van der Waals surface area contributed by atoms with E-state index in [2.05, 4.69) is 19.3 Å². The van der Waals surface area contributed by atoms with Gasteiger partial charge in [0.15, 0.2) is 0 Å². The monoisotopic (exact) mass is 372 g/mol. The highest BCUT2D eigenvalue weighted by atomic mass is 35.5. The van der Waals surface area contributed by atoms with E-state index in [-0.39, 0.29) is 47.8 Å². The Kier molecular flexibility index (Phi) is 4.14. The molecule has 1 N–H and O–H groups in total. The Morgan fingerprint density at radius 3 is 2.12 bits per heavy atom. The first kappa shape index (κ1) is 17.3. The van der Waals surface area contributed by atoms with Gasteiger partial charge in [0.05, 0.1) is 18.3 Å². The van der Waals surface area contributed by atoms with Gasteiger partial charge in [-0.25, -0.2) is 0 Å². The number of fused-ring (bicyclic) bond motifs is 5. The molecule has 1 aromatic rings. The van der Waals surface area contributed by atoms with Gasteiger partial charge in [0.1, 0.15) is 0 Å². The minimum atomic E-state index is -0.371. The van der Waals surface area contributed by atoms with Crippen LogP contribution < -0.4 is 5.43 Å². The Hall–Kier alpha value is -2.14. The fourth-order valence-electron chi connectivity index (χ4n) is 5.05. The van der Waals surface area contributed by atoms with Gasteiger partial charge in [-0.3, -0.25) is 19.8 Å². The van der Waals surface area contributed by atoms with Crippen molar-refractivity contribution in [1.29, 1.82) is 0 Å². The number of benzene rings is 1. The molecule has 4 atom stereocenters. The number of allylic oxidation sites excluding steroid dienone is 2. The molecule has 2 saturated carbocycles. The molecule has 2 aliphatic carbocycles. The van der Waals surface area contributed by atoms with E-state index in [0.29, 0.717) is 5.02 Å². The van der Waals surface area contributed by atoms with Crippen molar-refractivity contribution in [3.8, 4) is 0 Å². The van der Waals surface area contributed by atoms with Gasteiger partial charge >= 0.3 is 0 Å². The maximum Gasteiger partial charge on any atom is 0.252 e. The van der Waals surface area contributed by atoms with Crippen molar-refractivity contribution in [3.05, 3.63) is 46.0 Å². The minimum Gasteiger partial charge on any atom is -0.273 e. The molecule has 6 heteroatoms. The lowest BCUT2D eigenvalue weighted by atomic mass is 9.81. The lowest BCUT2D eigenvalue weighted by molar-refractivity contribution is -0.149. The van der Waals surface area contributed by atoms with Crippen molar-refractivity contribution in [2.45, 2.75) is 33.1 Å². The molecule has 1 saturated heterocycles. The van der Waals surface area contributed by atoms with Crippen LogP contribution in [0, 0.1) is 23.7 Å². The first-order valence-corrected chi connectivity index (χ1v) is 9.35. The summed E-state index contributed by atoms with van der Waals surface area (Å²) in [6.07, 6.45) is 2.01. The van der Waals surface area contributed by atoms with Crippen LogP contribution >= 0.6 is 11.6 Å². The van der Waals surface area contributed by atoms with Crippen LogP contribution in [0.15, 0.2) is 35.4 Å². The highest BCUT2D eigenvalue weighted by Crippen LogP contribution is 2.59. The van der Waals surface area contributed by atoms with Crippen molar-refractivity contribution in [2.75, 3.05) is 0 Å². The Morgan fingerprint density at radius 1 is 1.08 bits per heavy atom. The van der Waals surface area contributed by atoms with Gasteiger partial charge in [-0.05, 0) is 56.2 Å². The van der Waals surface area contributed by atoms with Crippen molar-refractivity contribution in [2.24, 2.45) is 23.7 Å². The van der Waals surface area contributed by atoms with Gasteiger partial charge in [-0.15, -0.1) is 0 Å². The van der Waals surface area contributed by atoms with Gasteiger partial charge in [0.25, 0.3) is 11.8 Å². The predicted molar refractivity (Wildman–Crippen MR) is 96.7 cm³/mol. The fourth-order valence-corrected chi connectivity index (χ4v) is 5.18. The lowest BCUT2D eigenvalue weighted by Gasteiger charge is -2.19. The number of hydrazine groups is 1. The van der Waals surface area contributed by atoms with E-state index in [1.54, 1.807) is 24.3 Å². The number of imide groups is 1. The normalized spacial score (nSPS) is 29.3. The summed E-state index contributed by atoms with van der Waals surface area (Å²) in [4.78, 5) is 38.0. The molecule has 26 heavy (non-hydrogen) atoms. The largest absolute Gasteiger partial charge is 0.273 e. The number of halogens is 1. The standard InChI is InChI=1S/C20H21ClN2O3/c1-10(2)16-13-7-8-14(16)18-17(13)19(25)23(20(18)26)22-15(24)9-11-3-5-12(21)6-4-11/h3-6,13-14,17-18H,7-9H2,1-2H3,(H,22,24). The Balaban J connectivity index is 1.49. The van der Waals surface area contributed by atoms with Crippen LogP contribution in [-0.2, 0) is 20.8 Å². The molecule has 1 heterocycles. The van der Waals surface area contributed by atoms with Crippen molar-refractivity contribution in [1.82, 2.24) is 10.4 Å². The van der Waals surface area contributed by atoms with E-state index >= 15 is 0 Å². The number of amides is 3. The molecule has 4 rings (SSSR count). The smallest absolute Gasteiger partial charge is 0.252 e. The Bertz CT molecular complexity index is 794. The topological polar surface area (TPSA) is 66.5 Å². The van der Waals surface area contributed by atoms with E-state index in [0.717, 1.165) is 23.4 Å². The Morgan fingerprint density at radius 2 is 1.62 bits per heavy atom. The molecule has 136 valence electrons. The second-order valence-electron chi connectivity index (χ2n) is 7.65. The number of rotatable bonds is 3. The molecule has 0 aromatic heterocycles. The maximum atomic E-state index is 12.8. The highest BCUT2D eigenvalue weighted by molar-refractivity contribution is 6.30. The Labute approximate surface area is 157 Å². The molecule has 1 aromatic carbocycles. The van der Waals surface area contributed by atoms with Crippen molar-refractivity contribution in [3.63, 3.8) is 0 Å². The van der Waals surface area contributed by atoms with Crippen LogP contribution in [0.25, 0.3) is 0 Å². The van der Waals surface area contributed by atoms with E-state index in [1.807, 2.05) is 0 Å². The average molecular weight is 373 g/mol. The van der Waals surface area contributed by atoms with E-state index in [9.17, 15) is 14.4 Å².